The predicted octanol–water partition coefficient (Wildman–Crippen LogP) is 3.93. The van der Waals surface area contributed by atoms with Gasteiger partial charge in [-0.05, 0) is 33.7 Å². The second-order valence-corrected chi connectivity index (χ2v) is 13.5. The van der Waals surface area contributed by atoms with Gasteiger partial charge in [-0.25, -0.2) is 26.8 Å². The van der Waals surface area contributed by atoms with Crippen molar-refractivity contribution in [2.75, 3.05) is 0 Å². The molecule has 2 aliphatic rings. The van der Waals surface area contributed by atoms with Gasteiger partial charge in [0.15, 0.2) is 0 Å². The Kier molecular flexibility index (Phi) is 6.80. The Morgan fingerprint density at radius 2 is 0.755 bits per heavy atom. The normalized spacial score (nSPS) is 12.4. The van der Waals surface area contributed by atoms with Gasteiger partial charge in [-0.15, -0.1) is 0 Å². The summed E-state index contributed by atoms with van der Waals surface area (Å²) in [6, 6.07) is 22.3. The Bertz CT molecular complexity index is 2780. The van der Waals surface area contributed by atoms with Gasteiger partial charge in [0, 0.05) is 61.9 Å². The average Bonchev–Trinajstić information content (AvgIpc) is 3.79. The molecule has 3 aromatic heterocycles. The molecule has 0 saturated heterocycles. The van der Waals surface area contributed by atoms with E-state index in [-0.39, 0.29) is 85.2 Å². The molecular formula is C32H14CuN8O6S2-4. The van der Waals surface area contributed by atoms with Crippen LogP contribution >= 0.6 is 0 Å². The van der Waals surface area contributed by atoms with Crippen LogP contribution in [-0.2, 0) is 37.3 Å². The van der Waals surface area contributed by atoms with E-state index in [1.54, 1.807) is 60.7 Å². The van der Waals surface area contributed by atoms with Gasteiger partial charge in [0.2, 0.25) is 0 Å². The van der Waals surface area contributed by atoms with Gasteiger partial charge in [0.05, 0.1) is 33.1 Å². The molecule has 4 aromatic carbocycles. The molecule has 0 aliphatic carbocycles. The van der Waals surface area contributed by atoms with E-state index in [2.05, 4.69) is 39.9 Å². The topological polar surface area (TPSA) is 220 Å². The van der Waals surface area contributed by atoms with E-state index in [9.17, 15) is 25.9 Å². The summed E-state index contributed by atoms with van der Waals surface area (Å²) in [5, 5.41) is 2.12. The molecule has 0 spiro atoms. The molecule has 245 valence electrons. The molecule has 17 heteroatoms. The van der Waals surface area contributed by atoms with Crippen LogP contribution < -0.4 is 9.97 Å². The molecule has 0 N–H and O–H groups in total. The minimum atomic E-state index is -4.97. The van der Waals surface area contributed by atoms with Crippen LogP contribution in [0.2, 0.25) is 0 Å². The van der Waals surface area contributed by atoms with Crippen molar-refractivity contribution in [3.63, 3.8) is 0 Å². The molecule has 0 saturated carbocycles. The summed E-state index contributed by atoms with van der Waals surface area (Å²) in [7, 11) is -9.94. The standard InChI is InChI=1S/C32H16N8O6S2.Cu/c41-47(42,43)21-13-5-11-19-23(21)32-38-28-18-10-4-2-8-16(18)26(34-28)36-30-20-12-6-14-22(48(44,45)46)24(20)31(40-30)37-27-17-9-3-1-7-15(17)25(33-27)35-29(19)39-32;/h1-14H,(H2-2,33,34,35,36,37,38,39,40,41,42,43,44,45,46);/q-2;/p-2. The van der Waals surface area contributed by atoms with E-state index in [4.69, 9.17) is 0 Å². The largest absolute Gasteiger partial charge is 0.744 e. The summed E-state index contributed by atoms with van der Waals surface area (Å²) < 4.78 is 74.5. The van der Waals surface area contributed by atoms with Crippen molar-refractivity contribution in [1.82, 2.24) is 39.9 Å². The zero-order valence-electron chi connectivity index (χ0n) is 24.2. The van der Waals surface area contributed by atoms with Crippen molar-refractivity contribution >= 4 is 64.4 Å². The number of fused-ring (bicyclic) bond motifs is 20. The summed E-state index contributed by atoms with van der Waals surface area (Å²) in [5.41, 5.74) is 0.941. The van der Waals surface area contributed by atoms with E-state index in [1.807, 2.05) is 0 Å². The van der Waals surface area contributed by atoms with Gasteiger partial charge < -0.3 is 39.0 Å². The first kappa shape index (κ1) is 30.9. The second kappa shape index (κ2) is 10.8. The molecule has 0 unspecified atom stereocenters. The van der Waals surface area contributed by atoms with Gasteiger partial charge in [0.25, 0.3) is 0 Å². The third kappa shape index (κ3) is 4.82. The zero-order chi connectivity index (χ0) is 32.9. The van der Waals surface area contributed by atoms with Crippen LogP contribution in [-0.4, -0.2) is 55.8 Å². The summed E-state index contributed by atoms with van der Waals surface area (Å²) in [6.07, 6.45) is 0. The third-order valence-corrected chi connectivity index (χ3v) is 9.79. The van der Waals surface area contributed by atoms with Crippen LogP contribution in [0.3, 0.4) is 0 Å². The first-order valence-electron chi connectivity index (χ1n) is 14.1. The van der Waals surface area contributed by atoms with Crippen molar-refractivity contribution in [2.45, 2.75) is 9.79 Å². The second-order valence-electron chi connectivity index (χ2n) is 10.8. The minimum absolute atomic E-state index is 0. The minimum Gasteiger partial charge on any atom is -0.744 e. The molecule has 1 radical (unpaired) electrons. The van der Waals surface area contributed by atoms with E-state index in [0.717, 1.165) is 0 Å². The number of nitrogens with zero attached hydrogens (tertiary/aromatic N) is 8. The number of hydrogen-bond donors (Lipinski definition) is 0. The van der Waals surface area contributed by atoms with Crippen molar-refractivity contribution in [1.29, 1.82) is 0 Å². The molecule has 0 atom stereocenters. The van der Waals surface area contributed by atoms with E-state index in [1.165, 1.54) is 24.3 Å². The van der Waals surface area contributed by atoms with Gasteiger partial charge >= 0.3 is 0 Å². The molecule has 0 fully saturated rings. The molecular weight excluding hydrogens is 720 g/mol. The van der Waals surface area contributed by atoms with Crippen LogP contribution in [0.1, 0.15) is 0 Å². The van der Waals surface area contributed by atoms with Gasteiger partial charge in [-0.3, -0.25) is 0 Å². The molecule has 0 amide bonds. The Hall–Kier alpha value is -5.42. The Morgan fingerprint density at radius 1 is 0.429 bits per heavy atom. The predicted molar refractivity (Wildman–Crippen MR) is 170 cm³/mol. The van der Waals surface area contributed by atoms with E-state index >= 15 is 0 Å². The maximum absolute atomic E-state index is 12.4. The van der Waals surface area contributed by atoms with Crippen LogP contribution in [0.5, 0.6) is 0 Å². The van der Waals surface area contributed by atoms with Crippen LogP contribution in [0.4, 0.5) is 0 Å². The summed E-state index contributed by atoms with van der Waals surface area (Å²) >= 11 is 0. The Labute approximate surface area is 286 Å². The molecule has 8 bridgehead atoms. The van der Waals surface area contributed by atoms with Crippen molar-refractivity contribution < 1.29 is 43.0 Å². The van der Waals surface area contributed by atoms with Crippen molar-refractivity contribution in [2.24, 2.45) is 0 Å². The van der Waals surface area contributed by atoms with Gasteiger partial charge in [0.1, 0.15) is 20.2 Å². The molecule has 14 nitrogen and oxygen atoms in total. The molecule has 5 heterocycles. The summed E-state index contributed by atoms with van der Waals surface area (Å²) in [4.78, 5) is 36.0. The third-order valence-electron chi connectivity index (χ3n) is 8.03. The molecule has 2 aliphatic heterocycles. The SMILES string of the molecule is O=S(=O)([O-])c1cccc2c1-c1nc-2nc2[n-]c(nc3nc(nc4[n-]c(n1)c1ccccc41)-c1cccc(S(=O)(=O)[O-])c1-3)c1ccccc21.[Cu]. The molecule has 9 rings (SSSR count). The van der Waals surface area contributed by atoms with Gasteiger partial charge in [-0.1, -0.05) is 72.8 Å². The monoisotopic (exact) mass is 733 g/mol. The van der Waals surface area contributed by atoms with Crippen LogP contribution in [0.15, 0.2) is 94.7 Å². The molecule has 7 aromatic rings. The summed E-state index contributed by atoms with van der Waals surface area (Å²) in [5.74, 6) is -0.136. The smallest absolute Gasteiger partial charge is 0.125 e. The molecule has 49 heavy (non-hydrogen) atoms. The fourth-order valence-electron chi connectivity index (χ4n) is 6.01. The zero-order valence-corrected chi connectivity index (χ0v) is 26.8. The maximum atomic E-state index is 12.4. The number of aromatic nitrogens is 8. The van der Waals surface area contributed by atoms with Crippen molar-refractivity contribution in [3.05, 3.63) is 84.9 Å². The number of rotatable bonds is 2. The first-order chi connectivity index (χ1) is 23.0. The van der Waals surface area contributed by atoms with Crippen LogP contribution in [0, 0.1) is 0 Å². The average molecular weight is 734 g/mol. The maximum Gasteiger partial charge on any atom is 0.125 e. The number of benzene rings is 4. The quantitative estimate of drug-likeness (QED) is 0.182. The fraction of sp³-hybridized carbons (Fsp3) is 0. The number of hydrogen-bond acceptors (Lipinski definition) is 12. The fourth-order valence-corrected chi connectivity index (χ4v) is 7.40. The van der Waals surface area contributed by atoms with E-state index < -0.39 is 30.0 Å². The van der Waals surface area contributed by atoms with Crippen LogP contribution in [0.25, 0.3) is 89.7 Å². The first-order valence-corrected chi connectivity index (χ1v) is 16.9. The van der Waals surface area contributed by atoms with Gasteiger partial charge in [-0.2, -0.15) is 0 Å². The Balaban J connectivity index is 0.00000348. The van der Waals surface area contributed by atoms with E-state index in [0.29, 0.717) is 21.5 Å². The Morgan fingerprint density at radius 3 is 1.08 bits per heavy atom. The summed E-state index contributed by atoms with van der Waals surface area (Å²) in [6.45, 7) is 0. The van der Waals surface area contributed by atoms with Crippen molar-refractivity contribution in [3.8, 4) is 45.6 Å².